The van der Waals surface area contributed by atoms with Gasteiger partial charge in [0.15, 0.2) is 0 Å². The van der Waals surface area contributed by atoms with Gasteiger partial charge in [-0.1, -0.05) is 67.2 Å². The SMILES string of the molecule is CC(C)(C)C(=N)[O-].CC(C)(C)C(=N)[O-].N[C@@H]1CCCC[C@H]1N.N[C@@H]1CCCC[C@H]1N.O.O.[O-][Cl+3]([O-])([O-])[O-].[O-][Cl+3]([O-])([O-])[O-].[Pt+2].[Pt+2]. The molecule has 0 spiro atoms. The van der Waals surface area contributed by atoms with Gasteiger partial charge in [0, 0.05) is 24.2 Å². The van der Waals surface area contributed by atoms with Gasteiger partial charge in [-0.15, -0.1) is 20.5 Å². The van der Waals surface area contributed by atoms with Crippen LogP contribution in [-0.2, 0) is 42.1 Å². The van der Waals surface area contributed by atoms with Crippen LogP contribution in [0.25, 0.3) is 0 Å². The molecule has 0 saturated heterocycles. The molecule has 14 N–H and O–H groups in total. The minimum Gasteiger partial charge on any atom is -0.862 e. The van der Waals surface area contributed by atoms with E-state index in [4.69, 9.17) is 71.0 Å². The van der Waals surface area contributed by atoms with Gasteiger partial charge in [-0.05, 0) is 48.3 Å². The average Bonchev–Trinajstić information content (AvgIpc) is 2.70. The number of nitrogens with one attached hydrogen (secondary N) is 2. The first-order chi connectivity index (χ1) is 17.5. The van der Waals surface area contributed by atoms with Crippen LogP contribution in [0.3, 0.4) is 0 Å². The molecule has 0 aromatic rings. The van der Waals surface area contributed by atoms with Gasteiger partial charge in [0.1, 0.15) is 0 Å². The Kier molecular flexibility index (Phi) is 43.9. The van der Waals surface area contributed by atoms with Crippen LogP contribution in [0.4, 0.5) is 0 Å². The molecule has 2 rings (SSSR count). The summed E-state index contributed by atoms with van der Waals surface area (Å²) in [7, 11) is -9.89. The molecule has 22 heteroatoms. The summed E-state index contributed by atoms with van der Waals surface area (Å²) in [5, 5.41) is 33.4. The number of hydrogen-bond donors (Lipinski definition) is 6. The van der Waals surface area contributed by atoms with Gasteiger partial charge in [0.05, 0.1) is 0 Å². The molecule has 2 saturated carbocycles. The fourth-order valence-corrected chi connectivity index (χ4v) is 2.38. The summed E-state index contributed by atoms with van der Waals surface area (Å²) < 4.78 is 67.9. The van der Waals surface area contributed by atoms with Crippen molar-refractivity contribution in [3.63, 3.8) is 0 Å². The Morgan fingerprint density at radius 1 is 0.500 bits per heavy atom. The molecular formula is C22H52Cl2N6O12Pt2. The number of rotatable bonds is 0. The zero-order valence-electron chi connectivity index (χ0n) is 25.7. The Balaban J connectivity index is -0.0000000584. The van der Waals surface area contributed by atoms with Crippen molar-refractivity contribution in [1.82, 2.24) is 0 Å². The van der Waals surface area contributed by atoms with Gasteiger partial charge in [0.25, 0.3) is 0 Å². The van der Waals surface area contributed by atoms with Crippen LogP contribution in [0.5, 0.6) is 0 Å². The van der Waals surface area contributed by atoms with Gasteiger partial charge < -0.3 is 54.9 Å². The van der Waals surface area contributed by atoms with Gasteiger partial charge in [-0.3, -0.25) is 0 Å². The van der Waals surface area contributed by atoms with Gasteiger partial charge >= 0.3 is 42.1 Å². The molecule has 44 heavy (non-hydrogen) atoms. The smallest absolute Gasteiger partial charge is 0.862 e. The van der Waals surface area contributed by atoms with E-state index in [2.05, 4.69) is 0 Å². The van der Waals surface area contributed by atoms with Gasteiger partial charge in [-0.2, -0.15) is 0 Å². The summed E-state index contributed by atoms with van der Waals surface area (Å²) in [4.78, 5) is 0. The summed E-state index contributed by atoms with van der Waals surface area (Å²) >= 11 is 0. The number of hydrogen-bond acceptors (Lipinski definition) is 16. The van der Waals surface area contributed by atoms with E-state index in [1.165, 1.54) is 25.7 Å². The van der Waals surface area contributed by atoms with Crippen LogP contribution in [0, 0.1) is 42.1 Å². The maximum atomic E-state index is 10.1. The molecule has 0 aliphatic heterocycles. The molecule has 0 heterocycles. The van der Waals surface area contributed by atoms with Gasteiger partial charge in [0.2, 0.25) is 0 Å². The average molecular weight is 1050 g/mol. The molecule has 18 nitrogen and oxygen atoms in total. The first-order valence-electron chi connectivity index (χ1n) is 12.3. The van der Waals surface area contributed by atoms with Crippen molar-refractivity contribution in [2.75, 3.05) is 0 Å². The third-order valence-electron chi connectivity index (χ3n) is 5.11. The fourth-order valence-electron chi connectivity index (χ4n) is 2.38. The quantitative estimate of drug-likeness (QED) is 0.0970. The molecule has 2 aliphatic rings. The first kappa shape index (κ1) is 63.1. The van der Waals surface area contributed by atoms with Crippen LogP contribution in [0.15, 0.2) is 0 Å². The fraction of sp³-hybridized carbons (Fsp3) is 0.909. The molecule has 0 radical (unpaired) electrons. The molecule has 0 aromatic carbocycles. The van der Waals surface area contributed by atoms with Crippen molar-refractivity contribution in [2.45, 2.75) is 117 Å². The van der Waals surface area contributed by atoms with Crippen molar-refractivity contribution >= 4 is 11.8 Å². The van der Waals surface area contributed by atoms with Crippen molar-refractivity contribution in [3.8, 4) is 0 Å². The Morgan fingerprint density at radius 2 is 0.591 bits per heavy atom. The van der Waals surface area contributed by atoms with E-state index in [0.717, 1.165) is 25.7 Å². The molecule has 2 fully saturated rings. The standard InChI is InChI=1S/2C6H14N2.2C5H11NO.2ClHO4.2H2O.2Pt/c2*7-5-3-1-2-4-6(5)8;2*1-5(2,3)4(6)7;2*2-1(3,4)5;;;;/h2*5-6H,1-4,7-8H2;2*1-3H3,(H2,6,7);2*(H,2,3,4,5);2*1H2;;/q;;;;;;;;2*+2/p-4/t2*5-,6-;;;;;;;;/m11......../s1. The van der Waals surface area contributed by atoms with E-state index in [-0.39, 0.29) is 77.3 Å². The maximum Gasteiger partial charge on any atom is 2.00 e. The van der Waals surface area contributed by atoms with Crippen LogP contribution in [0.1, 0.15) is 92.9 Å². The predicted octanol–water partition coefficient (Wildman–Crippen LogP) is -10.00. The molecule has 0 bridgehead atoms. The zero-order chi connectivity index (χ0) is 33.1. The van der Waals surface area contributed by atoms with Crippen molar-refractivity contribution < 1.29 is 121 Å². The third-order valence-corrected chi connectivity index (χ3v) is 5.11. The second-order valence-corrected chi connectivity index (χ2v) is 12.7. The van der Waals surface area contributed by atoms with Gasteiger partial charge in [-0.25, -0.2) is 37.3 Å². The maximum absolute atomic E-state index is 10.1. The van der Waals surface area contributed by atoms with E-state index < -0.39 is 43.1 Å². The van der Waals surface area contributed by atoms with E-state index >= 15 is 0 Å². The normalized spacial score (nSPS) is 20.8. The predicted molar refractivity (Wildman–Crippen MR) is 130 cm³/mol. The molecule has 0 unspecified atom stereocenters. The summed E-state index contributed by atoms with van der Waals surface area (Å²) in [6.45, 7) is 10.3. The second kappa shape index (κ2) is 30.7. The Labute approximate surface area is 293 Å². The van der Waals surface area contributed by atoms with Crippen molar-refractivity contribution in [1.29, 1.82) is 10.8 Å². The van der Waals surface area contributed by atoms with Crippen LogP contribution >= 0.6 is 0 Å². The molecule has 0 amide bonds. The third kappa shape index (κ3) is 61.4. The van der Waals surface area contributed by atoms with Crippen molar-refractivity contribution in [2.24, 2.45) is 33.8 Å². The van der Waals surface area contributed by atoms with E-state index in [0.29, 0.717) is 0 Å². The van der Waals surface area contributed by atoms with Crippen LogP contribution in [0.2, 0.25) is 0 Å². The summed E-state index contributed by atoms with van der Waals surface area (Å²) in [6.07, 6.45) is 9.60. The molecular weight excluding hydrogens is 1000 g/mol. The second-order valence-electron chi connectivity index (χ2n) is 11.1. The minimum absolute atomic E-state index is 0. The van der Waals surface area contributed by atoms with Crippen LogP contribution in [-0.4, -0.2) is 46.9 Å². The molecule has 2 aliphatic carbocycles. The Hall–Kier alpha value is 0.337. The Morgan fingerprint density at radius 3 is 0.636 bits per heavy atom. The van der Waals surface area contributed by atoms with Crippen molar-refractivity contribution in [3.05, 3.63) is 0 Å². The summed E-state index contributed by atoms with van der Waals surface area (Å²) in [5.74, 6) is -1.01. The monoisotopic (exact) mass is 1050 g/mol. The largest absolute Gasteiger partial charge is 2.00 e. The Bertz CT molecular complexity index is 596. The molecule has 0 aromatic heterocycles. The molecule has 276 valence electrons. The van der Waals surface area contributed by atoms with E-state index in [1.807, 2.05) is 0 Å². The van der Waals surface area contributed by atoms with E-state index in [9.17, 15) is 10.2 Å². The topological polar surface area (TPSA) is 445 Å². The zero-order valence-corrected chi connectivity index (χ0v) is 31.8. The first-order valence-corrected chi connectivity index (χ1v) is 14.7. The summed E-state index contributed by atoms with van der Waals surface area (Å²) in [6, 6.07) is 1.12. The van der Waals surface area contributed by atoms with Crippen LogP contribution < -0.4 is 70.4 Å². The molecule has 4 atom stereocenters. The minimum atomic E-state index is -4.94. The number of halogens is 2. The summed E-state index contributed by atoms with van der Waals surface area (Å²) in [5.41, 5.74) is 21.7. The number of nitrogens with two attached hydrogens (primary N) is 4. The van der Waals surface area contributed by atoms with E-state index in [1.54, 1.807) is 41.5 Å².